The molecule has 0 amide bonds. The van der Waals surface area contributed by atoms with Gasteiger partial charge in [0.15, 0.2) is 11.5 Å². The van der Waals surface area contributed by atoms with Gasteiger partial charge in [-0.1, -0.05) is 17.3 Å². The van der Waals surface area contributed by atoms with Gasteiger partial charge in [-0.25, -0.2) is 4.39 Å². The third-order valence-corrected chi connectivity index (χ3v) is 3.42. The quantitative estimate of drug-likeness (QED) is 0.468. The van der Waals surface area contributed by atoms with Crippen LogP contribution in [0.2, 0.25) is 0 Å². The number of benzene rings is 2. The standard InChI is InChI=1S/C16H15BrFNO3/c1-2-21-15-8-12(9-19-20)7-14(17)16(15)22-10-11-3-5-13(18)6-4-11/h3-9,20H,2,10H2,1H3/b19-9-. The number of oxime groups is 1. The van der Waals surface area contributed by atoms with Gasteiger partial charge in [0.1, 0.15) is 12.4 Å². The van der Waals surface area contributed by atoms with Crippen LogP contribution in [0.5, 0.6) is 11.5 Å². The topological polar surface area (TPSA) is 51.0 Å². The molecule has 0 aliphatic heterocycles. The van der Waals surface area contributed by atoms with E-state index in [1.165, 1.54) is 18.3 Å². The fourth-order valence-corrected chi connectivity index (χ4v) is 2.44. The molecule has 0 aromatic heterocycles. The second kappa shape index (κ2) is 7.79. The van der Waals surface area contributed by atoms with Crippen molar-refractivity contribution in [1.29, 1.82) is 0 Å². The third kappa shape index (κ3) is 4.21. The molecule has 0 fully saturated rings. The molecule has 116 valence electrons. The lowest BCUT2D eigenvalue weighted by Gasteiger charge is -2.14. The van der Waals surface area contributed by atoms with Gasteiger partial charge in [-0.2, -0.15) is 0 Å². The smallest absolute Gasteiger partial charge is 0.175 e. The molecule has 2 aromatic carbocycles. The number of rotatable bonds is 6. The van der Waals surface area contributed by atoms with Crippen molar-refractivity contribution in [1.82, 2.24) is 0 Å². The van der Waals surface area contributed by atoms with Gasteiger partial charge in [0.25, 0.3) is 0 Å². The maximum atomic E-state index is 12.9. The highest BCUT2D eigenvalue weighted by Gasteiger charge is 2.12. The maximum absolute atomic E-state index is 12.9. The van der Waals surface area contributed by atoms with Crippen LogP contribution in [0, 0.1) is 5.82 Å². The average Bonchev–Trinajstić information content (AvgIpc) is 2.49. The first kappa shape index (κ1) is 16.3. The summed E-state index contributed by atoms with van der Waals surface area (Å²) >= 11 is 3.41. The largest absolute Gasteiger partial charge is 0.490 e. The minimum atomic E-state index is -0.285. The van der Waals surface area contributed by atoms with Gasteiger partial charge in [-0.3, -0.25) is 0 Å². The Bertz CT molecular complexity index is 659. The predicted molar refractivity (Wildman–Crippen MR) is 85.4 cm³/mol. The van der Waals surface area contributed by atoms with E-state index in [0.717, 1.165) is 5.56 Å². The first-order valence-electron chi connectivity index (χ1n) is 6.65. The van der Waals surface area contributed by atoms with E-state index in [1.807, 2.05) is 6.92 Å². The molecule has 0 aliphatic rings. The van der Waals surface area contributed by atoms with Crippen molar-refractivity contribution in [3.05, 3.63) is 57.8 Å². The molecular formula is C16H15BrFNO3. The van der Waals surface area contributed by atoms with Crippen molar-refractivity contribution in [2.24, 2.45) is 5.16 Å². The molecule has 0 spiro atoms. The van der Waals surface area contributed by atoms with Gasteiger partial charge in [-0.15, -0.1) is 0 Å². The van der Waals surface area contributed by atoms with Crippen LogP contribution < -0.4 is 9.47 Å². The summed E-state index contributed by atoms with van der Waals surface area (Å²) in [7, 11) is 0. The van der Waals surface area contributed by atoms with Crippen LogP contribution in [0.15, 0.2) is 46.0 Å². The number of halogens is 2. The molecule has 0 saturated carbocycles. The molecule has 1 N–H and O–H groups in total. The Kier molecular flexibility index (Phi) is 5.77. The zero-order valence-electron chi connectivity index (χ0n) is 11.9. The highest BCUT2D eigenvalue weighted by molar-refractivity contribution is 9.10. The molecule has 4 nitrogen and oxygen atoms in total. The van der Waals surface area contributed by atoms with Crippen LogP contribution in [0.1, 0.15) is 18.1 Å². The van der Waals surface area contributed by atoms with E-state index in [1.54, 1.807) is 24.3 Å². The van der Waals surface area contributed by atoms with Crippen LogP contribution in [-0.2, 0) is 6.61 Å². The fourth-order valence-electron chi connectivity index (χ4n) is 1.87. The Hall–Kier alpha value is -2.08. The van der Waals surface area contributed by atoms with Crippen molar-refractivity contribution in [2.75, 3.05) is 6.61 Å². The molecule has 0 heterocycles. The van der Waals surface area contributed by atoms with E-state index < -0.39 is 0 Å². The number of hydrogen-bond acceptors (Lipinski definition) is 4. The van der Waals surface area contributed by atoms with Gasteiger partial charge in [0.05, 0.1) is 17.3 Å². The molecule has 0 saturated heterocycles. The fraction of sp³-hybridized carbons (Fsp3) is 0.188. The van der Waals surface area contributed by atoms with Gasteiger partial charge in [0.2, 0.25) is 0 Å². The van der Waals surface area contributed by atoms with Gasteiger partial charge < -0.3 is 14.7 Å². The second-order valence-electron chi connectivity index (χ2n) is 4.42. The van der Waals surface area contributed by atoms with Crippen molar-refractivity contribution in [3.8, 4) is 11.5 Å². The Morgan fingerprint density at radius 1 is 1.23 bits per heavy atom. The molecule has 2 rings (SSSR count). The normalized spacial score (nSPS) is 10.9. The summed E-state index contributed by atoms with van der Waals surface area (Å²) in [5, 5.41) is 11.6. The summed E-state index contributed by atoms with van der Waals surface area (Å²) < 4.78 is 24.9. The van der Waals surface area contributed by atoms with Crippen molar-refractivity contribution < 1.29 is 19.1 Å². The Balaban J connectivity index is 2.22. The van der Waals surface area contributed by atoms with Crippen LogP contribution in [0.4, 0.5) is 4.39 Å². The minimum Gasteiger partial charge on any atom is -0.490 e. The van der Waals surface area contributed by atoms with Crippen molar-refractivity contribution in [3.63, 3.8) is 0 Å². The molecule has 22 heavy (non-hydrogen) atoms. The van der Waals surface area contributed by atoms with E-state index in [0.29, 0.717) is 28.1 Å². The average molecular weight is 368 g/mol. The summed E-state index contributed by atoms with van der Waals surface area (Å²) in [4.78, 5) is 0. The lowest BCUT2D eigenvalue weighted by molar-refractivity contribution is 0.267. The molecule has 0 unspecified atom stereocenters. The first-order chi connectivity index (χ1) is 10.6. The Labute approximate surface area is 136 Å². The molecule has 0 aliphatic carbocycles. The summed E-state index contributed by atoms with van der Waals surface area (Å²) in [6, 6.07) is 9.57. The first-order valence-corrected chi connectivity index (χ1v) is 7.44. The van der Waals surface area contributed by atoms with E-state index in [-0.39, 0.29) is 12.4 Å². The summed E-state index contributed by atoms with van der Waals surface area (Å²) in [5.41, 5.74) is 1.52. The van der Waals surface area contributed by atoms with Crippen molar-refractivity contribution in [2.45, 2.75) is 13.5 Å². The van der Waals surface area contributed by atoms with Gasteiger partial charge in [0, 0.05) is 5.56 Å². The van der Waals surface area contributed by atoms with Gasteiger partial charge >= 0.3 is 0 Å². The lowest BCUT2D eigenvalue weighted by atomic mass is 10.2. The zero-order valence-corrected chi connectivity index (χ0v) is 13.5. The number of ether oxygens (including phenoxy) is 2. The molecule has 0 atom stereocenters. The van der Waals surface area contributed by atoms with E-state index in [4.69, 9.17) is 14.7 Å². The minimum absolute atomic E-state index is 0.284. The Morgan fingerprint density at radius 3 is 2.59 bits per heavy atom. The highest BCUT2D eigenvalue weighted by atomic mass is 79.9. The molecule has 0 radical (unpaired) electrons. The Morgan fingerprint density at radius 2 is 1.95 bits per heavy atom. The summed E-state index contributed by atoms with van der Waals surface area (Å²) in [6.45, 7) is 2.62. The van der Waals surface area contributed by atoms with Crippen molar-refractivity contribution >= 4 is 22.1 Å². The SMILES string of the molecule is CCOc1cc(/C=N\O)cc(Br)c1OCc1ccc(F)cc1. The number of nitrogens with zero attached hydrogens (tertiary/aromatic N) is 1. The maximum Gasteiger partial charge on any atom is 0.175 e. The van der Waals surface area contributed by atoms with Crippen LogP contribution in [0.25, 0.3) is 0 Å². The van der Waals surface area contributed by atoms with Crippen LogP contribution in [0.3, 0.4) is 0 Å². The van der Waals surface area contributed by atoms with E-state index >= 15 is 0 Å². The number of hydrogen-bond donors (Lipinski definition) is 1. The second-order valence-corrected chi connectivity index (χ2v) is 5.28. The molecule has 0 bridgehead atoms. The van der Waals surface area contributed by atoms with E-state index in [9.17, 15) is 4.39 Å². The third-order valence-electron chi connectivity index (χ3n) is 2.83. The monoisotopic (exact) mass is 367 g/mol. The molecular weight excluding hydrogens is 353 g/mol. The van der Waals surface area contributed by atoms with Crippen LogP contribution in [-0.4, -0.2) is 18.0 Å². The summed E-state index contributed by atoms with van der Waals surface area (Å²) in [5.74, 6) is 0.794. The predicted octanol–water partition coefficient (Wildman–Crippen LogP) is 4.37. The van der Waals surface area contributed by atoms with Gasteiger partial charge in [-0.05, 0) is 52.7 Å². The summed E-state index contributed by atoms with van der Waals surface area (Å²) in [6.07, 6.45) is 1.30. The molecule has 6 heteroatoms. The molecule has 2 aromatic rings. The van der Waals surface area contributed by atoms with E-state index in [2.05, 4.69) is 21.1 Å². The highest BCUT2D eigenvalue weighted by Crippen LogP contribution is 2.37. The lowest BCUT2D eigenvalue weighted by Crippen LogP contribution is -2.01. The van der Waals surface area contributed by atoms with Crippen LogP contribution >= 0.6 is 15.9 Å². The zero-order chi connectivity index (χ0) is 15.9.